The van der Waals surface area contributed by atoms with E-state index in [9.17, 15) is 9.59 Å². The summed E-state index contributed by atoms with van der Waals surface area (Å²) in [5, 5.41) is 2.94. The molecule has 1 heterocycles. The molecule has 25 heavy (non-hydrogen) atoms. The molecular formula is C20H22N2O3. The summed E-state index contributed by atoms with van der Waals surface area (Å²) in [6.07, 6.45) is 2.16. The molecule has 0 fully saturated rings. The molecule has 0 saturated carbocycles. The van der Waals surface area contributed by atoms with Gasteiger partial charge in [-0.3, -0.25) is 9.59 Å². The molecule has 5 heteroatoms. The van der Waals surface area contributed by atoms with Crippen LogP contribution in [0.1, 0.15) is 24.5 Å². The molecule has 0 spiro atoms. The molecule has 3 rings (SSSR count). The lowest BCUT2D eigenvalue weighted by molar-refractivity contribution is -0.117. The second-order valence-corrected chi connectivity index (χ2v) is 6.19. The summed E-state index contributed by atoms with van der Waals surface area (Å²) in [4.78, 5) is 25.8. The molecule has 130 valence electrons. The van der Waals surface area contributed by atoms with E-state index >= 15 is 0 Å². The van der Waals surface area contributed by atoms with Crippen LogP contribution in [-0.4, -0.2) is 25.5 Å². The number of methoxy groups -OCH3 is 1. The smallest absolute Gasteiger partial charge is 0.228 e. The summed E-state index contributed by atoms with van der Waals surface area (Å²) in [6, 6.07) is 13.2. The second kappa shape index (κ2) is 7.38. The first-order valence-electron chi connectivity index (χ1n) is 8.40. The Labute approximate surface area is 147 Å². The van der Waals surface area contributed by atoms with Crippen LogP contribution >= 0.6 is 0 Å². The molecule has 5 nitrogen and oxygen atoms in total. The van der Waals surface area contributed by atoms with E-state index in [1.165, 1.54) is 0 Å². The SMILES string of the molecule is COc1ccc(CC(=O)Nc2ccc3c(c2)CCCN3C(C)=O)cc1. The molecule has 0 aliphatic carbocycles. The van der Waals surface area contributed by atoms with E-state index < -0.39 is 0 Å². The van der Waals surface area contributed by atoms with Gasteiger partial charge >= 0.3 is 0 Å². The van der Waals surface area contributed by atoms with Crippen molar-refractivity contribution in [2.45, 2.75) is 26.2 Å². The number of fused-ring (bicyclic) bond motifs is 1. The Hall–Kier alpha value is -2.82. The third kappa shape index (κ3) is 3.99. The van der Waals surface area contributed by atoms with E-state index in [0.29, 0.717) is 6.42 Å². The first-order valence-corrected chi connectivity index (χ1v) is 8.40. The molecule has 0 aromatic heterocycles. The van der Waals surface area contributed by atoms with E-state index in [1.54, 1.807) is 18.9 Å². The van der Waals surface area contributed by atoms with E-state index in [4.69, 9.17) is 4.74 Å². The summed E-state index contributed by atoms with van der Waals surface area (Å²) < 4.78 is 5.12. The molecule has 2 amide bonds. The van der Waals surface area contributed by atoms with Crippen molar-refractivity contribution >= 4 is 23.2 Å². The van der Waals surface area contributed by atoms with Gasteiger partial charge in [0.15, 0.2) is 0 Å². The Morgan fingerprint density at radius 1 is 1.16 bits per heavy atom. The Balaban J connectivity index is 1.68. The minimum atomic E-state index is -0.0654. The van der Waals surface area contributed by atoms with Crippen molar-refractivity contribution in [3.8, 4) is 5.75 Å². The molecule has 1 aliphatic heterocycles. The maximum absolute atomic E-state index is 12.3. The molecule has 0 saturated heterocycles. The monoisotopic (exact) mass is 338 g/mol. The Kier molecular flexibility index (Phi) is 5.03. The molecule has 0 unspecified atom stereocenters. The van der Waals surface area contributed by atoms with Crippen LogP contribution < -0.4 is 15.0 Å². The number of nitrogens with one attached hydrogen (secondary N) is 1. The average molecular weight is 338 g/mol. The molecule has 0 bridgehead atoms. The summed E-state index contributed by atoms with van der Waals surface area (Å²) >= 11 is 0. The number of benzene rings is 2. The number of nitrogens with zero attached hydrogens (tertiary/aromatic N) is 1. The number of carbonyl (C=O) groups is 2. The molecule has 1 aliphatic rings. The minimum absolute atomic E-state index is 0.0530. The van der Waals surface area contributed by atoms with Gasteiger partial charge in [-0.1, -0.05) is 12.1 Å². The van der Waals surface area contributed by atoms with Gasteiger partial charge in [-0.2, -0.15) is 0 Å². The van der Waals surface area contributed by atoms with Crippen molar-refractivity contribution in [2.24, 2.45) is 0 Å². The van der Waals surface area contributed by atoms with Crippen LogP contribution in [0.3, 0.4) is 0 Å². The van der Waals surface area contributed by atoms with Crippen LogP contribution in [0.4, 0.5) is 11.4 Å². The Morgan fingerprint density at radius 2 is 1.92 bits per heavy atom. The highest BCUT2D eigenvalue weighted by atomic mass is 16.5. The summed E-state index contributed by atoms with van der Waals surface area (Å²) in [6.45, 7) is 2.34. The van der Waals surface area contributed by atoms with Gasteiger partial charge in [0.1, 0.15) is 5.75 Å². The zero-order valence-electron chi connectivity index (χ0n) is 14.5. The normalized spacial score (nSPS) is 13.1. The second-order valence-electron chi connectivity index (χ2n) is 6.19. The van der Waals surface area contributed by atoms with Crippen LogP contribution in [0, 0.1) is 0 Å². The lowest BCUT2D eigenvalue weighted by Gasteiger charge is -2.29. The predicted molar refractivity (Wildman–Crippen MR) is 98.1 cm³/mol. The van der Waals surface area contributed by atoms with Gasteiger partial charge in [0.25, 0.3) is 0 Å². The molecule has 0 radical (unpaired) electrons. The lowest BCUT2D eigenvalue weighted by atomic mass is 10.0. The third-order valence-corrected chi connectivity index (χ3v) is 4.39. The molecular weight excluding hydrogens is 316 g/mol. The largest absolute Gasteiger partial charge is 0.497 e. The fourth-order valence-corrected chi connectivity index (χ4v) is 3.14. The van der Waals surface area contributed by atoms with Crippen LogP contribution in [0.25, 0.3) is 0 Å². The van der Waals surface area contributed by atoms with Crippen molar-refractivity contribution in [3.05, 3.63) is 53.6 Å². The summed E-state index contributed by atoms with van der Waals surface area (Å²) in [5.41, 5.74) is 3.75. The molecule has 2 aromatic carbocycles. The van der Waals surface area contributed by atoms with Gasteiger partial charge < -0.3 is 15.0 Å². The topological polar surface area (TPSA) is 58.6 Å². The van der Waals surface area contributed by atoms with Crippen molar-refractivity contribution in [2.75, 3.05) is 23.9 Å². The maximum Gasteiger partial charge on any atom is 0.228 e. The van der Waals surface area contributed by atoms with Gasteiger partial charge in [0.05, 0.1) is 13.5 Å². The van der Waals surface area contributed by atoms with Crippen LogP contribution in [-0.2, 0) is 22.4 Å². The van der Waals surface area contributed by atoms with E-state index in [2.05, 4.69) is 5.32 Å². The van der Waals surface area contributed by atoms with Crippen molar-refractivity contribution in [1.29, 1.82) is 0 Å². The molecule has 0 atom stereocenters. The van der Waals surface area contributed by atoms with E-state index in [-0.39, 0.29) is 11.8 Å². The van der Waals surface area contributed by atoms with Crippen LogP contribution in [0.15, 0.2) is 42.5 Å². The maximum atomic E-state index is 12.3. The fourth-order valence-electron chi connectivity index (χ4n) is 3.14. The molecule has 2 aromatic rings. The van der Waals surface area contributed by atoms with Gasteiger partial charge in [-0.05, 0) is 54.3 Å². The number of amides is 2. The van der Waals surface area contributed by atoms with Gasteiger partial charge in [0.2, 0.25) is 11.8 Å². The highest BCUT2D eigenvalue weighted by Gasteiger charge is 2.20. The van der Waals surface area contributed by atoms with E-state index in [1.807, 2.05) is 42.5 Å². The zero-order chi connectivity index (χ0) is 17.8. The standard InChI is InChI=1S/C20H22N2O3/c1-14(23)22-11-3-4-16-13-17(7-10-19(16)22)21-20(24)12-15-5-8-18(25-2)9-6-15/h5-10,13H,3-4,11-12H2,1-2H3,(H,21,24). The number of aryl methyl sites for hydroxylation is 1. The zero-order valence-corrected chi connectivity index (χ0v) is 14.5. The predicted octanol–water partition coefficient (Wildman–Crippen LogP) is 3.18. The van der Waals surface area contributed by atoms with Crippen molar-refractivity contribution in [1.82, 2.24) is 0 Å². The van der Waals surface area contributed by atoms with E-state index in [0.717, 1.165) is 47.6 Å². The van der Waals surface area contributed by atoms with Crippen LogP contribution in [0.2, 0.25) is 0 Å². The van der Waals surface area contributed by atoms with Gasteiger partial charge in [0, 0.05) is 24.8 Å². The Morgan fingerprint density at radius 3 is 2.60 bits per heavy atom. The number of anilines is 2. The first-order chi connectivity index (χ1) is 12.1. The Bertz CT molecular complexity index is 784. The lowest BCUT2D eigenvalue weighted by Crippen LogP contribution is -2.33. The van der Waals surface area contributed by atoms with Crippen molar-refractivity contribution < 1.29 is 14.3 Å². The van der Waals surface area contributed by atoms with Gasteiger partial charge in [-0.15, -0.1) is 0 Å². The number of carbonyl (C=O) groups excluding carboxylic acids is 2. The summed E-state index contributed by atoms with van der Waals surface area (Å²) in [5.74, 6) is 0.760. The quantitative estimate of drug-likeness (QED) is 0.931. The highest BCUT2D eigenvalue weighted by Crippen LogP contribution is 2.29. The average Bonchev–Trinajstić information content (AvgIpc) is 2.61. The van der Waals surface area contributed by atoms with Crippen molar-refractivity contribution in [3.63, 3.8) is 0 Å². The first kappa shape index (κ1) is 17.0. The minimum Gasteiger partial charge on any atom is -0.497 e. The van der Waals surface area contributed by atoms with Gasteiger partial charge in [-0.25, -0.2) is 0 Å². The summed E-state index contributed by atoms with van der Waals surface area (Å²) in [7, 11) is 1.62. The number of rotatable bonds is 4. The third-order valence-electron chi connectivity index (χ3n) is 4.39. The molecule has 1 N–H and O–H groups in total. The number of ether oxygens (including phenoxy) is 1. The van der Waals surface area contributed by atoms with Crippen LogP contribution in [0.5, 0.6) is 5.75 Å². The number of hydrogen-bond donors (Lipinski definition) is 1. The number of hydrogen-bond acceptors (Lipinski definition) is 3. The fraction of sp³-hybridized carbons (Fsp3) is 0.300. The highest BCUT2D eigenvalue weighted by molar-refractivity contribution is 5.95.